The van der Waals surface area contributed by atoms with Crippen LogP contribution < -0.4 is 0 Å². The summed E-state index contributed by atoms with van der Waals surface area (Å²) in [5.74, 6) is 1.44. The van der Waals surface area contributed by atoms with E-state index >= 15 is 0 Å². The first-order valence-electron chi connectivity index (χ1n) is 8.04. The van der Waals surface area contributed by atoms with Gasteiger partial charge in [-0.25, -0.2) is 0 Å². The zero-order valence-electron chi connectivity index (χ0n) is 13.0. The van der Waals surface area contributed by atoms with Gasteiger partial charge in [-0.05, 0) is 31.4 Å². The molecule has 5 nitrogen and oxygen atoms in total. The molecule has 1 aromatic heterocycles. The van der Waals surface area contributed by atoms with Gasteiger partial charge in [0.05, 0.1) is 12.6 Å². The molecular formula is C17H23N3O2. The van der Waals surface area contributed by atoms with Gasteiger partial charge in [-0.3, -0.25) is 4.90 Å². The first kappa shape index (κ1) is 15.2. The molecule has 1 aromatic carbocycles. The minimum absolute atomic E-state index is 0.368. The quantitative estimate of drug-likeness (QED) is 0.889. The maximum atomic E-state index is 10.4. The third-order valence-corrected chi connectivity index (χ3v) is 4.34. The van der Waals surface area contributed by atoms with Crippen molar-refractivity contribution in [1.29, 1.82) is 0 Å². The Kier molecular flexibility index (Phi) is 4.85. The third kappa shape index (κ3) is 3.54. The second-order valence-electron chi connectivity index (χ2n) is 5.89. The van der Waals surface area contributed by atoms with E-state index in [4.69, 9.17) is 4.52 Å². The Balaban J connectivity index is 1.60. The van der Waals surface area contributed by atoms with Crippen LogP contribution in [-0.2, 0) is 13.0 Å². The number of nitrogens with zero attached hydrogens (tertiary/aromatic N) is 3. The monoisotopic (exact) mass is 301 g/mol. The molecule has 1 fully saturated rings. The van der Waals surface area contributed by atoms with Gasteiger partial charge in [0.2, 0.25) is 5.89 Å². The molecule has 0 radical (unpaired) electrons. The number of hydrogen-bond donors (Lipinski definition) is 1. The second-order valence-corrected chi connectivity index (χ2v) is 5.89. The first-order valence-corrected chi connectivity index (χ1v) is 8.04. The summed E-state index contributed by atoms with van der Waals surface area (Å²) in [6, 6.07) is 10.2. The lowest BCUT2D eigenvalue weighted by Gasteiger charge is -2.25. The van der Waals surface area contributed by atoms with Crippen molar-refractivity contribution in [3.05, 3.63) is 47.6 Å². The lowest BCUT2D eigenvalue weighted by atomic mass is 10.0. The minimum atomic E-state index is -0.416. The van der Waals surface area contributed by atoms with Crippen molar-refractivity contribution >= 4 is 0 Å². The first-order chi connectivity index (χ1) is 10.8. The number of aromatic nitrogens is 2. The normalized spacial score (nSPS) is 20.4. The minimum Gasteiger partial charge on any atom is -0.388 e. The molecule has 5 heteroatoms. The molecule has 1 saturated heterocycles. The Bertz CT molecular complexity index is 585. The van der Waals surface area contributed by atoms with E-state index in [1.807, 2.05) is 37.3 Å². The van der Waals surface area contributed by atoms with Crippen LogP contribution in [0.4, 0.5) is 0 Å². The van der Waals surface area contributed by atoms with Crippen LogP contribution in [0.2, 0.25) is 0 Å². The van der Waals surface area contributed by atoms with Gasteiger partial charge >= 0.3 is 0 Å². The van der Waals surface area contributed by atoms with Crippen LogP contribution in [-0.4, -0.2) is 32.7 Å². The highest BCUT2D eigenvalue weighted by Gasteiger charge is 2.28. The molecule has 3 rings (SSSR count). The van der Waals surface area contributed by atoms with Crippen molar-refractivity contribution in [2.45, 2.75) is 51.3 Å². The van der Waals surface area contributed by atoms with Crippen LogP contribution in [0.1, 0.15) is 49.6 Å². The van der Waals surface area contributed by atoms with E-state index in [0.717, 1.165) is 43.6 Å². The SMILES string of the molecule is CCc1noc(CN2CCCC2CC(O)c2ccccc2)n1. The topological polar surface area (TPSA) is 62.4 Å². The summed E-state index contributed by atoms with van der Waals surface area (Å²) in [6.07, 6.45) is 3.39. The number of aliphatic hydroxyl groups is 1. The highest BCUT2D eigenvalue weighted by atomic mass is 16.5. The molecule has 1 aliphatic heterocycles. The highest BCUT2D eigenvalue weighted by molar-refractivity contribution is 5.17. The molecule has 2 atom stereocenters. The molecule has 0 bridgehead atoms. The summed E-state index contributed by atoms with van der Waals surface area (Å²) >= 11 is 0. The van der Waals surface area contributed by atoms with Gasteiger partial charge in [0.15, 0.2) is 5.82 Å². The summed E-state index contributed by atoms with van der Waals surface area (Å²) in [6.45, 7) is 3.72. The molecule has 0 amide bonds. The second kappa shape index (κ2) is 7.03. The van der Waals surface area contributed by atoms with Gasteiger partial charge in [-0.1, -0.05) is 42.4 Å². The van der Waals surface area contributed by atoms with Crippen LogP contribution >= 0.6 is 0 Å². The number of rotatable bonds is 6. The van der Waals surface area contributed by atoms with Gasteiger partial charge in [0.25, 0.3) is 0 Å². The van der Waals surface area contributed by atoms with E-state index < -0.39 is 6.10 Å². The van der Waals surface area contributed by atoms with Crippen LogP contribution in [0, 0.1) is 0 Å². The van der Waals surface area contributed by atoms with E-state index in [0.29, 0.717) is 18.5 Å². The molecule has 2 heterocycles. The Morgan fingerprint density at radius 3 is 2.91 bits per heavy atom. The van der Waals surface area contributed by atoms with Crippen molar-refractivity contribution in [2.75, 3.05) is 6.54 Å². The molecule has 2 unspecified atom stereocenters. The van der Waals surface area contributed by atoms with E-state index in [1.165, 1.54) is 0 Å². The lowest BCUT2D eigenvalue weighted by molar-refractivity contribution is 0.112. The van der Waals surface area contributed by atoms with Crippen LogP contribution in [0.15, 0.2) is 34.9 Å². The number of likely N-dealkylation sites (tertiary alicyclic amines) is 1. The van der Waals surface area contributed by atoms with Crippen LogP contribution in [0.5, 0.6) is 0 Å². The Labute approximate surface area is 131 Å². The lowest BCUT2D eigenvalue weighted by Crippen LogP contribution is -2.30. The van der Waals surface area contributed by atoms with Crippen molar-refractivity contribution < 1.29 is 9.63 Å². The average molecular weight is 301 g/mol. The molecule has 22 heavy (non-hydrogen) atoms. The summed E-state index contributed by atoms with van der Waals surface area (Å²) in [4.78, 5) is 6.73. The summed E-state index contributed by atoms with van der Waals surface area (Å²) < 4.78 is 5.29. The van der Waals surface area contributed by atoms with Gasteiger partial charge in [0, 0.05) is 12.5 Å². The Morgan fingerprint density at radius 1 is 1.36 bits per heavy atom. The molecule has 2 aromatic rings. The smallest absolute Gasteiger partial charge is 0.240 e. The van der Waals surface area contributed by atoms with E-state index in [9.17, 15) is 5.11 Å². The standard InChI is InChI=1S/C17H23N3O2/c1-2-16-18-17(22-19-16)12-20-10-6-9-14(20)11-15(21)13-7-4-3-5-8-13/h3-5,7-8,14-15,21H,2,6,9-12H2,1H3. The maximum absolute atomic E-state index is 10.4. The summed E-state index contributed by atoms with van der Waals surface area (Å²) in [5, 5.41) is 14.4. The molecule has 1 N–H and O–H groups in total. The van der Waals surface area contributed by atoms with E-state index in [2.05, 4.69) is 15.0 Å². The molecular weight excluding hydrogens is 278 g/mol. The van der Waals surface area contributed by atoms with Crippen LogP contribution in [0.3, 0.4) is 0 Å². The van der Waals surface area contributed by atoms with Gasteiger partial charge in [-0.2, -0.15) is 4.98 Å². The third-order valence-electron chi connectivity index (χ3n) is 4.34. The number of aliphatic hydroxyl groups excluding tert-OH is 1. The molecule has 0 saturated carbocycles. The van der Waals surface area contributed by atoms with Crippen molar-refractivity contribution in [2.24, 2.45) is 0 Å². The predicted molar refractivity (Wildman–Crippen MR) is 83.1 cm³/mol. The number of hydrogen-bond acceptors (Lipinski definition) is 5. The van der Waals surface area contributed by atoms with Crippen molar-refractivity contribution in [3.63, 3.8) is 0 Å². The van der Waals surface area contributed by atoms with E-state index in [-0.39, 0.29) is 0 Å². The van der Waals surface area contributed by atoms with Crippen molar-refractivity contribution in [1.82, 2.24) is 15.0 Å². The van der Waals surface area contributed by atoms with E-state index in [1.54, 1.807) is 0 Å². The fourth-order valence-electron chi connectivity index (χ4n) is 3.11. The fourth-order valence-corrected chi connectivity index (χ4v) is 3.11. The Morgan fingerprint density at radius 2 is 2.18 bits per heavy atom. The molecule has 0 spiro atoms. The fraction of sp³-hybridized carbons (Fsp3) is 0.529. The van der Waals surface area contributed by atoms with Gasteiger partial charge in [0.1, 0.15) is 0 Å². The van der Waals surface area contributed by atoms with Gasteiger partial charge in [-0.15, -0.1) is 0 Å². The number of aryl methyl sites for hydroxylation is 1. The summed E-state index contributed by atoms with van der Waals surface area (Å²) in [5.41, 5.74) is 0.986. The predicted octanol–water partition coefficient (Wildman–Crippen LogP) is 2.72. The van der Waals surface area contributed by atoms with Crippen molar-refractivity contribution in [3.8, 4) is 0 Å². The largest absolute Gasteiger partial charge is 0.388 e. The maximum Gasteiger partial charge on any atom is 0.240 e. The molecule has 0 aliphatic carbocycles. The Hall–Kier alpha value is -1.72. The molecule has 118 valence electrons. The van der Waals surface area contributed by atoms with Crippen LogP contribution in [0.25, 0.3) is 0 Å². The van der Waals surface area contributed by atoms with Gasteiger partial charge < -0.3 is 9.63 Å². The summed E-state index contributed by atoms with van der Waals surface area (Å²) in [7, 11) is 0. The number of benzene rings is 1. The zero-order chi connectivity index (χ0) is 15.4. The molecule has 1 aliphatic rings. The zero-order valence-corrected chi connectivity index (χ0v) is 13.0. The highest BCUT2D eigenvalue weighted by Crippen LogP contribution is 2.28. The average Bonchev–Trinajstić information content (AvgIpc) is 3.18.